The highest BCUT2D eigenvalue weighted by Crippen LogP contribution is 2.19. The van der Waals surface area contributed by atoms with Crippen molar-refractivity contribution in [2.24, 2.45) is 11.7 Å². The largest absolute Gasteiger partial charge is 0.393 e. The SMILES string of the molecule is CCOCCS(=O)(=O)N1CCC(C(N)=S)CC1. The van der Waals surface area contributed by atoms with Crippen LogP contribution in [0.4, 0.5) is 0 Å². The van der Waals surface area contributed by atoms with Gasteiger partial charge in [0, 0.05) is 25.6 Å². The minimum absolute atomic E-state index is 0.0541. The van der Waals surface area contributed by atoms with E-state index in [4.69, 9.17) is 22.7 Å². The number of nitrogens with zero attached hydrogens (tertiary/aromatic N) is 1. The van der Waals surface area contributed by atoms with Gasteiger partial charge < -0.3 is 10.5 Å². The molecule has 0 radical (unpaired) electrons. The lowest BCUT2D eigenvalue weighted by atomic mass is 9.98. The third-order valence-electron chi connectivity index (χ3n) is 2.94. The Bertz CT molecular complexity index is 349. The third kappa shape index (κ3) is 4.50. The molecule has 0 bridgehead atoms. The molecule has 0 amide bonds. The Morgan fingerprint density at radius 2 is 2.06 bits per heavy atom. The Morgan fingerprint density at radius 3 is 2.53 bits per heavy atom. The van der Waals surface area contributed by atoms with Crippen LogP contribution in [0.1, 0.15) is 19.8 Å². The maximum atomic E-state index is 11.9. The number of piperidine rings is 1. The summed E-state index contributed by atoms with van der Waals surface area (Å²) < 4.78 is 30.4. The van der Waals surface area contributed by atoms with Gasteiger partial charge in [-0.2, -0.15) is 0 Å². The maximum Gasteiger partial charge on any atom is 0.216 e. The molecule has 1 rings (SSSR count). The molecule has 0 aromatic carbocycles. The van der Waals surface area contributed by atoms with Gasteiger partial charge in [-0.3, -0.25) is 0 Å². The number of sulfonamides is 1. The zero-order valence-corrected chi connectivity index (χ0v) is 11.7. The summed E-state index contributed by atoms with van der Waals surface area (Å²) in [7, 11) is -3.18. The van der Waals surface area contributed by atoms with E-state index in [2.05, 4.69) is 0 Å². The summed E-state index contributed by atoms with van der Waals surface area (Å²) in [4.78, 5) is 0.497. The van der Waals surface area contributed by atoms with Gasteiger partial charge >= 0.3 is 0 Å². The lowest BCUT2D eigenvalue weighted by Gasteiger charge is -2.30. The summed E-state index contributed by atoms with van der Waals surface area (Å²) in [5.41, 5.74) is 5.56. The molecular formula is C10H20N2O3S2. The van der Waals surface area contributed by atoms with Crippen LogP contribution in [0.15, 0.2) is 0 Å². The Labute approximate surface area is 108 Å². The number of nitrogens with two attached hydrogens (primary N) is 1. The average Bonchev–Trinajstić information content (AvgIpc) is 2.29. The second-order valence-corrected chi connectivity index (χ2v) is 6.65. The van der Waals surface area contributed by atoms with E-state index in [0.717, 1.165) is 12.8 Å². The fourth-order valence-electron chi connectivity index (χ4n) is 1.86. The molecule has 7 heteroatoms. The molecule has 5 nitrogen and oxygen atoms in total. The molecular weight excluding hydrogens is 260 g/mol. The van der Waals surface area contributed by atoms with Gasteiger partial charge in [-0.15, -0.1) is 0 Å². The van der Waals surface area contributed by atoms with Crippen molar-refractivity contribution in [3.63, 3.8) is 0 Å². The molecule has 0 unspecified atom stereocenters. The van der Waals surface area contributed by atoms with Crippen molar-refractivity contribution in [3.05, 3.63) is 0 Å². The summed E-state index contributed by atoms with van der Waals surface area (Å²) in [6.07, 6.45) is 1.45. The van der Waals surface area contributed by atoms with E-state index in [1.54, 1.807) is 0 Å². The van der Waals surface area contributed by atoms with Gasteiger partial charge in [0.05, 0.1) is 17.3 Å². The number of ether oxygens (including phenoxy) is 1. The number of thiocarbonyl (C=S) groups is 1. The van der Waals surface area contributed by atoms with E-state index in [0.29, 0.717) is 24.7 Å². The van der Waals surface area contributed by atoms with E-state index >= 15 is 0 Å². The Morgan fingerprint density at radius 1 is 1.47 bits per heavy atom. The van der Waals surface area contributed by atoms with E-state index in [1.165, 1.54) is 4.31 Å². The highest BCUT2D eigenvalue weighted by Gasteiger charge is 2.28. The minimum Gasteiger partial charge on any atom is -0.393 e. The van der Waals surface area contributed by atoms with Crippen LogP contribution in [-0.2, 0) is 14.8 Å². The molecule has 0 spiro atoms. The van der Waals surface area contributed by atoms with Crippen LogP contribution >= 0.6 is 12.2 Å². The molecule has 2 N–H and O–H groups in total. The van der Waals surface area contributed by atoms with Gasteiger partial charge in [0.15, 0.2) is 0 Å². The summed E-state index contributed by atoms with van der Waals surface area (Å²) >= 11 is 4.92. The van der Waals surface area contributed by atoms with Gasteiger partial charge in [0.1, 0.15) is 0 Å². The van der Waals surface area contributed by atoms with Crippen LogP contribution in [0.2, 0.25) is 0 Å². The van der Waals surface area contributed by atoms with Crippen LogP contribution < -0.4 is 5.73 Å². The van der Waals surface area contributed by atoms with Gasteiger partial charge in [0.2, 0.25) is 10.0 Å². The molecule has 0 aromatic rings. The monoisotopic (exact) mass is 280 g/mol. The summed E-state index contributed by atoms with van der Waals surface area (Å²) in [5, 5.41) is 0. The predicted molar refractivity (Wildman–Crippen MR) is 71.4 cm³/mol. The van der Waals surface area contributed by atoms with Crippen LogP contribution in [0.5, 0.6) is 0 Å². The molecule has 1 fully saturated rings. The number of rotatable bonds is 6. The number of hydrogen-bond acceptors (Lipinski definition) is 4. The molecule has 0 aliphatic carbocycles. The van der Waals surface area contributed by atoms with Crippen molar-refractivity contribution in [1.29, 1.82) is 0 Å². The molecule has 0 saturated carbocycles. The Balaban J connectivity index is 2.44. The second-order valence-electron chi connectivity index (χ2n) is 4.09. The maximum absolute atomic E-state index is 11.9. The molecule has 0 aromatic heterocycles. The van der Waals surface area contributed by atoms with E-state index < -0.39 is 10.0 Å². The fraction of sp³-hybridized carbons (Fsp3) is 0.900. The highest BCUT2D eigenvalue weighted by molar-refractivity contribution is 7.89. The van der Waals surface area contributed by atoms with Gasteiger partial charge in [-0.25, -0.2) is 12.7 Å². The van der Waals surface area contributed by atoms with E-state index in [-0.39, 0.29) is 18.3 Å². The first kappa shape index (κ1) is 14.8. The summed E-state index contributed by atoms with van der Waals surface area (Å²) in [6.45, 7) is 3.67. The van der Waals surface area contributed by atoms with E-state index in [1.807, 2.05) is 6.92 Å². The van der Waals surface area contributed by atoms with Crippen molar-refractivity contribution in [3.8, 4) is 0 Å². The molecule has 1 aliphatic rings. The lowest BCUT2D eigenvalue weighted by Crippen LogP contribution is -2.42. The van der Waals surface area contributed by atoms with Crippen LogP contribution in [0.25, 0.3) is 0 Å². The first-order valence-corrected chi connectivity index (χ1v) is 7.84. The standard InChI is InChI=1S/C10H20N2O3S2/c1-2-15-7-8-17(13,14)12-5-3-9(4-6-12)10(11)16/h9H,2-8H2,1H3,(H2,11,16). The first-order chi connectivity index (χ1) is 7.97. The smallest absolute Gasteiger partial charge is 0.216 e. The molecule has 100 valence electrons. The van der Waals surface area contributed by atoms with Crippen molar-refractivity contribution in [2.75, 3.05) is 32.1 Å². The summed E-state index contributed by atoms with van der Waals surface area (Å²) in [6, 6.07) is 0. The lowest BCUT2D eigenvalue weighted by molar-refractivity contribution is 0.162. The van der Waals surface area contributed by atoms with Crippen LogP contribution in [-0.4, -0.2) is 49.8 Å². The predicted octanol–water partition coefficient (Wildman–Crippen LogP) is 0.351. The van der Waals surface area contributed by atoms with Gasteiger partial charge in [-0.1, -0.05) is 12.2 Å². The Kier molecular flexibility index (Phi) is 5.78. The topological polar surface area (TPSA) is 72.6 Å². The van der Waals surface area contributed by atoms with Crippen molar-refractivity contribution >= 4 is 27.2 Å². The second kappa shape index (κ2) is 6.63. The molecule has 1 heterocycles. The van der Waals surface area contributed by atoms with Crippen molar-refractivity contribution in [2.45, 2.75) is 19.8 Å². The van der Waals surface area contributed by atoms with Crippen LogP contribution in [0.3, 0.4) is 0 Å². The van der Waals surface area contributed by atoms with E-state index in [9.17, 15) is 8.42 Å². The van der Waals surface area contributed by atoms with Crippen molar-refractivity contribution in [1.82, 2.24) is 4.31 Å². The zero-order chi connectivity index (χ0) is 12.9. The number of hydrogen-bond donors (Lipinski definition) is 1. The van der Waals surface area contributed by atoms with Crippen LogP contribution in [0, 0.1) is 5.92 Å². The molecule has 1 aliphatic heterocycles. The zero-order valence-electron chi connectivity index (χ0n) is 10.1. The van der Waals surface area contributed by atoms with Gasteiger partial charge in [-0.05, 0) is 19.8 Å². The highest BCUT2D eigenvalue weighted by atomic mass is 32.2. The molecule has 0 atom stereocenters. The third-order valence-corrected chi connectivity index (χ3v) is 5.11. The fourth-order valence-corrected chi connectivity index (χ4v) is 3.45. The molecule has 17 heavy (non-hydrogen) atoms. The average molecular weight is 280 g/mol. The van der Waals surface area contributed by atoms with Crippen molar-refractivity contribution < 1.29 is 13.2 Å². The quantitative estimate of drug-likeness (QED) is 0.561. The normalized spacial score (nSPS) is 19.4. The minimum atomic E-state index is -3.18. The Hall–Kier alpha value is -0.240. The summed E-state index contributed by atoms with van der Waals surface area (Å²) in [5.74, 6) is 0.238. The molecule has 1 saturated heterocycles. The van der Waals surface area contributed by atoms with Gasteiger partial charge in [0.25, 0.3) is 0 Å². The first-order valence-electron chi connectivity index (χ1n) is 5.82.